The molecule has 2 N–H and O–H groups in total. The fourth-order valence-corrected chi connectivity index (χ4v) is 3.97. The zero-order chi connectivity index (χ0) is 20.8. The number of nitrogens with one attached hydrogen (secondary N) is 1. The van der Waals surface area contributed by atoms with Gasteiger partial charge in [0.25, 0.3) is 5.91 Å². The van der Waals surface area contributed by atoms with Crippen LogP contribution in [0.1, 0.15) is 39.0 Å². The number of hydrogen-bond donors (Lipinski definition) is 2. The Bertz CT molecular complexity index is 1230. The number of aromatic nitrogens is 2. The van der Waals surface area contributed by atoms with Gasteiger partial charge in [-0.1, -0.05) is 23.8 Å². The normalized spacial score (nSPS) is 15.6. The first-order valence-electron chi connectivity index (χ1n) is 9.50. The Balaban J connectivity index is 1.69. The summed E-state index contributed by atoms with van der Waals surface area (Å²) in [5, 5.41) is 17.7. The predicted octanol–water partition coefficient (Wildman–Crippen LogP) is 4.57. The van der Waals surface area contributed by atoms with Crippen molar-refractivity contribution in [1.29, 1.82) is 0 Å². The van der Waals surface area contributed by atoms with Crippen molar-refractivity contribution in [3.05, 3.63) is 94.8 Å². The maximum atomic E-state index is 13.6. The quantitative estimate of drug-likeness (QED) is 0.523. The van der Waals surface area contributed by atoms with Gasteiger partial charge in [-0.2, -0.15) is 5.10 Å². The van der Waals surface area contributed by atoms with Gasteiger partial charge in [-0.25, -0.2) is 4.39 Å². The maximum absolute atomic E-state index is 13.6. The summed E-state index contributed by atoms with van der Waals surface area (Å²) in [5.74, 6) is 0.115. The molecule has 0 bridgehead atoms. The highest BCUT2D eigenvalue weighted by molar-refractivity contribution is 6.00. The Kier molecular flexibility index (Phi) is 4.17. The molecule has 0 radical (unpaired) electrons. The third-order valence-electron chi connectivity index (χ3n) is 5.36. The summed E-state index contributed by atoms with van der Waals surface area (Å²) < 4.78 is 19.0. The number of H-pyrrole nitrogens is 1. The molecule has 6 nitrogen and oxygen atoms in total. The molecule has 3 heterocycles. The largest absolute Gasteiger partial charge is 0.507 e. The van der Waals surface area contributed by atoms with Crippen LogP contribution in [0.5, 0.6) is 5.75 Å². The van der Waals surface area contributed by atoms with Crippen LogP contribution in [0.25, 0.3) is 11.3 Å². The minimum atomic E-state index is -0.508. The molecule has 0 fully saturated rings. The van der Waals surface area contributed by atoms with E-state index in [1.165, 1.54) is 12.1 Å². The molecule has 1 aliphatic rings. The van der Waals surface area contributed by atoms with E-state index in [0.717, 1.165) is 11.1 Å². The summed E-state index contributed by atoms with van der Waals surface area (Å²) in [4.78, 5) is 14.9. The standard InChI is InChI=1S/C23H18FN3O3/c1-13-4-9-18(28)17(11-13)20-19-21(26-25-20)23(29)27(12-16-3-2-10-30-16)22(19)14-5-7-15(24)8-6-14/h2-11,22,28H,12H2,1H3,(H,25,26)/t22-/m0/s1. The topological polar surface area (TPSA) is 82.4 Å². The maximum Gasteiger partial charge on any atom is 0.273 e. The summed E-state index contributed by atoms with van der Waals surface area (Å²) in [6.07, 6.45) is 1.56. The number of rotatable bonds is 4. The van der Waals surface area contributed by atoms with E-state index in [-0.39, 0.29) is 24.0 Å². The number of halogens is 1. The lowest BCUT2D eigenvalue weighted by Crippen LogP contribution is -2.29. The second-order valence-electron chi connectivity index (χ2n) is 7.35. The molecule has 1 aliphatic heterocycles. The molecule has 30 heavy (non-hydrogen) atoms. The van der Waals surface area contributed by atoms with Crippen molar-refractivity contribution in [3.63, 3.8) is 0 Å². The van der Waals surface area contributed by atoms with Crippen molar-refractivity contribution in [1.82, 2.24) is 15.1 Å². The van der Waals surface area contributed by atoms with E-state index in [1.54, 1.807) is 47.6 Å². The van der Waals surface area contributed by atoms with Crippen LogP contribution < -0.4 is 0 Å². The molecule has 2 aromatic heterocycles. The molecule has 0 aliphatic carbocycles. The Labute approximate surface area is 171 Å². The summed E-state index contributed by atoms with van der Waals surface area (Å²) in [7, 11) is 0. The zero-order valence-electron chi connectivity index (χ0n) is 16.1. The van der Waals surface area contributed by atoms with Crippen molar-refractivity contribution in [2.24, 2.45) is 0 Å². The van der Waals surface area contributed by atoms with Gasteiger partial charge in [0.15, 0.2) is 0 Å². The molecule has 150 valence electrons. The van der Waals surface area contributed by atoms with Crippen LogP contribution >= 0.6 is 0 Å². The van der Waals surface area contributed by atoms with E-state index in [9.17, 15) is 14.3 Å². The number of phenolic OH excluding ortho intramolecular Hbond substituents is 1. The number of phenols is 1. The molecule has 0 spiro atoms. The number of benzene rings is 2. The Hall–Kier alpha value is -3.87. The number of fused-ring (bicyclic) bond motifs is 1. The molecule has 2 aromatic carbocycles. The van der Waals surface area contributed by atoms with Crippen LogP contribution in [0.3, 0.4) is 0 Å². The Morgan fingerprint density at radius 1 is 1.20 bits per heavy atom. The van der Waals surface area contributed by atoms with Crippen LogP contribution in [0, 0.1) is 12.7 Å². The molecule has 0 unspecified atom stereocenters. The highest BCUT2D eigenvalue weighted by atomic mass is 19.1. The summed E-state index contributed by atoms with van der Waals surface area (Å²) in [6.45, 7) is 2.16. The van der Waals surface area contributed by atoms with E-state index in [1.807, 2.05) is 13.0 Å². The second kappa shape index (κ2) is 6.88. The number of aromatic amines is 1. The SMILES string of the molecule is Cc1ccc(O)c(-c2n[nH]c3c2[C@H](c2ccc(F)cc2)N(Cc2ccco2)C3=O)c1. The fraction of sp³-hybridized carbons (Fsp3) is 0.130. The molecule has 1 amide bonds. The van der Waals surface area contributed by atoms with Gasteiger partial charge in [0, 0.05) is 11.1 Å². The smallest absolute Gasteiger partial charge is 0.273 e. The van der Waals surface area contributed by atoms with E-state index in [2.05, 4.69) is 10.2 Å². The van der Waals surface area contributed by atoms with Crippen LogP contribution in [0.2, 0.25) is 0 Å². The number of hydrogen-bond acceptors (Lipinski definition) is 4. The summed E-state index contributed by atoms with van der Waals surface area (Å²) in [6, 6.07) is 14.3. The summed E-state index contributed by atoms with van der Waals surface area (Å²) in [5.41, 5.74) is 3.73. The van der Waals surface area contributed by atoms with E-state index >= 15 is 0 Å². The zero-order valence-corrected chi connectivity index (χ0v) is 16.1. The third-order valence-corrected chi connectivity index (χ3v) is 5.36. The number of carbonyl (C=O) groups excluding carboxylic acids is 1. The summed E-state index contributed by atoms with van der Waals surface area (Å²) >= 11 is 0. The van der Waals surface area contributed by atoms with Crippen molar-refractivity contribution in [2.45, 2.75) is 19.5 Å². The minimum absolute atomic E-state index is 0.0738. The first kappa shape index (κ1) is 18.2. The van der Waals surface area contributed by atoms with Crippen LogP contribution in [-0.2, 0) is 6.54 Å². The molecule has 0 saturated carbocycles. The number of aryl methyl sites for hydroxylation is 1. The first-order chi connectivity index (χ1) is 14.5. The molecule has 0 saturated heterocycles. The number of nitrogens with zero attached hydrogens (tertiary/aromatic N) is 2. The fourth-order valence-electron chi connectivity index (χ4n) is 3.97. The monoisotopic (exact) mass is 403 g/mol. The molecular formula is C23H18FN3O3. The van der Waals surface area contributed by atoms with Gasteiger partial charge in [-0.05, 0) is 48.9 Å². The van der Waals surface area contributed by atoms with E-state index in [4.69, 9.17) is 4.42 Å². The van der Waals surface area contributed by atoms with Gasteiger partial charge in [0.1, 0.15) is 28.7 Å². The van der Waals surface area contributed by atoms with Crippen LogP contribution in [0.15, 0.2) is 65.3 Å². The van der Waals surface area contributed by atoms with Crippen LogP contribution in [0.4, 0.5) is 4.39 Å². The highest BCUT2D eigenvalue weighted by Gasteiger charge is 2.42. The Morgan fingerprint density at radius 2 is 2.00 bits per heavy atom. The van der Waals surface area contributed by atoms with Crippen molar-refractivity contribution in [3.8, 4) is 17.0 Å². The third kappa shape index (κ3) is 2.86. The van der Waals surface area contributed by atoms with Crippen molar-refractivity contribution < 1.29 is 18.7 Å². The van der Waals surface area contributed by atoms with E-state index < -0.39 is 6.04 Å². The van der Waals surface area contributed by atoms with Gasteiger partial charge in [-0.3, -0.25) is 9.89 Å². The number of aromatic hydroxyl groups is 1. The van der Waals surface area contributed by atoms with Gasteiger partial charge in [0.05, 0.1) is 18.8 Å². The second-order valence-corrected chi connectivity index (χ2v) is 7.35. The molecule has 5 rings (SSSR count). The highest BCUT2D eigenvalue weighted by Crippen LogP contribution is 2.45. The predicted molar refractivity (Wildman–Crippen MR) is 107 cm³/mol. The van der Waals surface area contributed by atoms with Crippen molar-refractivity contribution in [2.75, 3.05) is 0 Å². The number of furan rings is 1. The number of carbonyl (C=O) groups is 1. The van der Waals surface area contributed by atoms with Crippen molar-refractivity contribution >= 4 is 5.91 Å². The van der Waals surface area contributed by atoms with Gasteiger partial charge in [0.2, 0.25) is 0 Å². The number of amides is 1. The lowest BCUT2D eigenvalue weighted by atomic mass is 9.95. The molecule has 7 heteroatoms. The lowest BCUT2D eigenvalue weighted by Gasteiger charge is -2.25. The first-order valence-corrected chi connectivity index (χ1v) is 9.50. The molecule has 1 atom stereocenters. The van der Waals surface area contributed by atoms with Gasteiger partial charge >= 0.3 is 0 Å². The van der Waals surface area contributed by atoms with Gasteiger partial charge in [-0.15, -0.1) is 0 Å². The average Bonchev–Trinajstić information content (AvgIpc) is 3.45. The molecular weight excluding hydrogens is 385 g/mol. The van der Waals surface area contributed by atoms with E-state index in [0.29, 0.717) is 28.3 Å². The van der Waals surface area contributed by atoms with Gasteiger partial charge < -0.3 is 14.4 Å². The minimum Gasteiger partial charge on any atom is -0.507 e. The Morgan fingerprint density at radius 3 is 2.73 bits per heavy atom. The van der Waals surface area contributed by atoms with Crippen LogP contribution in [-0.4, -0.2) is 26.1 Å². The molecule has 4 aromatic rings. The average molecular weight is 403 g/mol. The lowest BCUT2D eigenvalue weighted by molar-refractivity contribution is 0.0717.